The lowest BCUT2D eigenvalue weighted by molar-refractivity contribution is -0.260. The summed E-state index contributed by atoms with van der Waals surface area (Å²) < 4.78 is 1.05. The first kappa shape index (κ1) is 17.1. The average molecular weight is 360 g/mol. The van der Waals surface area contributed by atoms with Gasteiger partial charge in [-0.05, 0) is 47.5 Å². The summed E-state index contributed by atoms with van der Waals surface area (Å²) in [5.74, 6) is 1.26. The van der Waals surface area contributed by atoms with E-state index in [0.717, 1.165) is 21.8 Å². The lowest BCUT2D eigenvalue weighted by atomic mass is 9.30. The Bertz CT molecular complexity index is 810. The Balaban J connectivity index is 1.57. The molecule has 2 bridgehead atoms. The van der Waals surface area contributed by atoms with Gasteiger partial charge in [0.05, 0.1) is 9.71 Å². The molecule has 3 saturated carbocycles. The van der Waals surface area contributed by atoms with Crippen molar-refractivity contribution in [2.24, 2.45) is 28.1 Å². The molecule has 3 fully saturated rings. The number of nitrogens with zero attached hydrogens (tertiary/aromatic N) is 1. The van der Waals surface area contributed by atoms with E-state index in [0.29, 0.717) is 28.4 Å². The van der Waals surface area contributed by atoms with Gasteiger partial charge in [0.15, 0.2) is 0 Å². The Morgan fingerprint density at radius 3 is 2.40 bits per heavy atom. The second-order valence-corrected chi connectivity index (χ2v) is 11.1. The molecule has 0 saturated heterocycles. The molecule has 5 heteroatoms. The van der Waals surface area contributed by atoms with Gasteiger partial charge in [0.1, 0.15) is 11.3 Å². The predicted octanol–water partition coefficient (Wildman–Crippen LogP) is 4.76. The molecule has 4 nitrogen and oxygen atoms in total. The molecule has 3 aliphatic carbocycles. The van der Waals surface area contributed by atoms with Crippen molar-refractivity contribution in [1.82, 2.24) is 15.3 Å². The summed E-state index contributed by atoms with van der Waals surface area (Å²) in [6.45, 7) is 16.3. The first-order chi connectivity index (χ1) is 11.5. The summed E-state index contributed by atoms with van der Waals surface area (Å²) in [6.07, 6.45) is 1.06. The Morgan fingerprint density at radius 1 is 1.20 bits per heavy atom. The van der Waals surface area contributed by atoms with Crippen LogP contribution in [0.5, 0.6) is 0 Å². The van der Waals surface area contributed by atoms with Crippen LogP contribution in [-0.2, 0) is 0 Å². The van der Waals surface area contributed by atoms with Crippen LogP contribution in [-0.4, -0.2) is 21.9 Å². The number of rotatable bonds is 2. The van der Waals surface area contributed by atoms with Gasteiger partial charge in [0, 0.05) is 6.04 Å². The standard InChI is InChI=1S/C20H29N3OS/c1-10-21-15-12(25-10)8-11(22-15)16(24)23-14-9-13-18(2,3)17(19(13,4)5)20(14,6)7/h8,13-14,17,22H,9H2,1-7H3,(H,23,24)/t13?,14-,17?/m0/s1. The minimum Gasteiger partial charge on any atom is -0.347 e. The Hall–Kier alpha value is -1.36. The van der Waals surface area contributed by atoms with Crippen molar-refractivity contribution in [2.75, 3.05) is 0 Å². The maximum absolute atomic E-state index is 12.8. The SMILES string of the molecule is Cc1nc2[nH]c(C(=O)N[C@H]3CC4C(C)(C)C(C4(C)C)C3(C)C)cc2s1. The summed E-state index contributed by atoms with van der Waals surface area (Å²) >= 11 is 1.62. The van der Waals surface area contributed by atoms with Gasteiger partial charge in [-0.2, -0.15) is 0 Å². The van der Waals surface area contributed by atoms with Crippen molar-refractivity contribution >= 4 is 27.6 Å². The maximum atomic E-state index is 12.8. The zero-order chi connectivity index (χ0) is 18.4. The zero-order valence-electron chi connectivity index (χ0n) is 16.3. The van der Waals surface area contributed by atoms with Crippen LogP contribution in [0, 0.1) is 35.0 Å². The molecule has 2 heterocycles. The summed E-state index contributed by atoms with van der Waals surface area (Å²) in [4.78, 5) is 20.4. The maximum Gasteiger partial charge on any atom is 0.268 e. The number of hydrogen-bond acceptors (Lipinski definition) is 3. The van der Waals surface area contributed by atoms with Gasteiger partial charge in [0.25, 0.3) is 5.91 Å². The van der Waals surface area contributed by atoms with Crippen molar-refractivity contribution in [3.05, 3.63) is 16.8 Å². The lowest BCUT2D eigenvalue weighted by Gasteiger charge is -2.75. The number of fused-ring (bicyclic) bond motifs is 3. The van der Waals surface area contributed by atoms with E-state index in [2.05, 4.69) is 56.8 Å². The summed E-state index contributed by atoms with van der Waals surface area (Å²) in [5.41, 5.74) is 2.23. The summed E-state index contributed by atoms with van der Waals surface area (Å²) in [6, 6.07) is 2.15. The van der Waals surface area contributed by atoms with E-state index >= 15 is 0 Å². The van der Waals surface area contributed by atoms with Gasteiger partial charge in [0.2, 0.25) is 0 Å². The highest BCUT2D eigenvalue weighted by Crippen LogP contribution is 2.74. The quantitative estimate of drug-likeness (QED) is 0.812. The molecular weight excluding hydrogens is 330 g/mol. The largest absolute Gasteiger partial charge is 0.347 e. The fourth-order valence-electron chi connectivity index (χ4n) is 7.02. The molecular formula is C20H29N3OS. The van der Waals surface area contributed by atoms with E-state index in [9.17, 15) is 4.79 Å². The molecule has 0 aromatic carbocycles. The van der Waals surface area contributed by atoms with E-state index in [4.69, 9.17) is 0 Å². The van der Waals surface area contributed by atoms with Crippen molar-refractivity contribution in [3.8, 4) is 0 Å². The van der Waals surface area contributed by atoms with Crippen LogP contribution in [0.2, 0.25) is 0 Å². The number of hydrogen-bond donors (Lipinski definition) is 2. The van der Waals surface area contributed by atoms with Gasteiger partial charge in [-0.15, -0.1) is 11.3 Å². The van der Waals surface area contributed by atoms with Crippen LogP contribution in [0.3, 0.4) is 0 Å². The smallest absolute Gasteiger partial charge is 0.268 e. The number of carbonyl (C=O) groups excluding carboxylic acids is 1. The molecule has 25 heavy (non-hydrogen) atoms. The highest BCUT2D eigenvalue weighted by molar-refractivity contribution is 7.18. The molecule has 0 radical (unpaired) electrons. The van der Waals surface area contributed by atoms with Crippen LogP contribution < -0.4 is 5.32 Å². The lowest BCUT2D eigenvalue weighted by Crippen LogP contribution is -2.73. The number of amides is 1. The highest BCUT2D eigenvalue weighted by Gasteiger charge is 2.70. The molecule has 2 aromatic heterocycles. The van der Waals surface area contributed by atoms with E-state index in [1.807, 2.05) is 13.0 Å². The second kappa shape index (κ2) is 4.87. The third-order valence-electron chi connectivity index (χ3n) is 7.24. The first-order valence-corrected chi connectivity index (χ1v) is 10.0. The fourth-order valence-corrected chi connectivity index (χ4v) is 7.84. The fraction of sp³-hybridized carbons (Fsp3) is 0.700. The summed E-state index contributed by atoms with van der Waals surface area (Å²) in [7, 11) is 0. The van der Waals surface area contributed by atoms with Crippen molar-refractivity contribution in [2.45, 2.75) is 60.9 Å². The molecule has 0 unspecified atom stereocenters. The number of aromatic nitrogens is 2. The number of nitrogens with one attached hydrogen (secondary N) is 2. The predicted molar refractivity (Wildman–Crippen MR) is 103 cm³/mol. The van der Waals surface area contributed by atoms with E-state index < -0.39 is 0 Å². The van der Waals surface area contributed by atoms with Crippen LogP contribution >= 0.6 is 11.3 Å². The number of thiazole rings is 1. The number of aromatic amines is 1. The van der Waals surface area contributed by atoms with Gasteiger partial charge in [-0.1, -0.05) is 41.5 Å². The molecule has 5 rings (SSSR count). The topological polar surface area (TPSA) is 57.8 Å². The zero-order valence-corrected chi connectivity index (χ0v) is 17.1. The third kappa shape index (κ3) is 2.17. The monoisotopic (exact) mass is 359 g/mol. The van der Waals surface area contributed by atoms with E-state index in [1.165, 1.54) is 0 Å². The van der Waals surface area contributed by atoms with Gasteiger partial charge >= 0.3 is 0 Å². The Kier molecular flexibility index (Phi) is 3.33. The molecule has 136 valence electrons. The van der Waals surface area contributed by atoms with E-state index in [-0.39, 0.29) is 17.4 Å². The minimum absolute atomic E-state index is 0.00200. The highest BCUT2D eigenvalue weighted by atomic mass is 32.1. The van der Waals surface area contributed by atoms with Gasteiger partial charge in [-0.3, -0.25) is 4.79 Å². The summed E-state index contributed by atoms with van der Waals surface area (Å²) in [5, 5.41) is 4.35. The van der Waals surface area contributed by atoms with Crippen molar-refractivity contribution in [3.63, 3.8) is 0 Å². The van der Waals surface area contributed by atoms with Crippen LogP contribution in [0.15, 0.2) is 6.07 Å². The van der Waals surface area contributed by atoms with Gasteiger partial charge < -0.3 is 10.3 Å². The second-order valence-electron chi connectivity index (χ2n) is 9.84. The van der Waals surface area contributed by atoms with E-state index in [1.54, 1.807) is 11.3 Å². The third-order valence-corrected chi connectivity index (χ3v) is 8.15. The number of H-pyrrole nitrogens is 1. The average Bonchev–Trinajstić information content (AvgIpc) is 2.96. The molecule has 0 aliphatic heterocycles. The van der Waals surface area contributed by atoms with Crippen molar-refractivity contribution in [1.29, 1.82) is 0 Å². The molecule has 1 atom stereocenters. The normalized spacial score (nSPS) is 31.6. The van der Waals surface area contributed by atoms with Crippen LogP contribution in [0.4, 0.5) is 0 Å². The molecule has 1 amide bonds. The number of carbonyl (C=O) groups is 1. The molecule has 3 aliphatic rings. The van der Waals surface area contributed by atoms with Crippen LogP contribution in [0.1, 0.15) is 63.5 Å². The minimum atomic E-state index is -0.00200. The molecule has 2 aromatic rings. The molecule has 0 spiro atoms. The van der Waals surface area contributed by atoms with Crippen molar-refractivity contribution < 1.29 is 4.79 Å². The van der Waals surface area contributed by atoms with Gasteiger partial charge in [-0.25, -0.2) is 4.98 Å². The Morgan fingerprint density at radius 2 is 1.84 bits per heavy atom. The van der Waals surface area contributed by atoms with Crippen LogP contribution in [0.25, 0.3) is 10.3 Å². The Labute approximate surface area is 153 Å². The number of aryl methyl sites for hydroxylation is 1. The molecule has 2 N–H and O–H groups in total. The first-order valence-electron chi connectivity index (χ1n) is 9.22.